The van der Waals surface area contributed by atoms with Crippen LogP contribution in [0.5, 0.6) is 0 Å². The topological polar surface area (TPSA) is 55.3 Å². The molecule has 56 valence electrons. The zero-order chi connectivity index (χ0) is 7.56. The predicted octanol–water partition coefficient (Wildman–Crippen LogP) is 0.318. The SMILES string of the molecule is CN(C)Cc1cc(N)no1. The van der Waals surface area contributed by atoms with Crippen LogP contribution in [-0.2, 0) is 6.54 Å². The molecule has 0 aliphatic heterocycles. The highest BCUT2D eigenvalue weighted by Crippen LogP contribution is 2.05. The second-order valence-electron chi connectivity index (χ2n) is 2.46. The summed E-state index contributed by atoms with van der Waals surface area (Å²) in [6.45, 7) is 0.740. The summed E-state index contributed by atoms with van der Waals surface area (Å²) in [5.74, 6) is 1.24. The number of nitrogens with zero attached hydrogens (tertiary/aromatic N) is 2. The molecule has 0 atom stereocenters. The third-order valence-electron chi connectivity index (χ3n) is 1.05. The van der Waals surface area contributed by atoms with E-state index in [9.17, 15) is 0 Å². The first-order valence-corrected chi connectivity index (χ1v) is 3.04. The Morgan fingerprint density at radius 3 is 2.80 bits per heavy atom. The first-order valence-electron chi connectivity index (χ1n) is 3.04. The van der Waals surface area contributed by atoms with Crippen molar-refractivity contribution in [3.8, 4) is 0 Å². The molecule has 0 aromatic carbocycles. The Balaban J connectivity index is 2.58. The minimum absolute atomic E-state index is 0.442. The largest absolute Gasteiger partial charge is 0.381 e. The van der Waals surface area contributed by atoms with E-state index in [1.807, 2.05) is 19.0 Å². The van der Waals surface area contributed by atoms with Crippen molar-refractivity contribution in [3.63, 3.8) is 0 Å². The van der Waals surface area contributed by atoms with E-state index in [0.29, 0.717) is 5.82 Å². The zero-order valence-corrected chi connectivity index (χ0v) is 6.16. The highest BCUT2D eigenvalue weighted by atomic mass is 16.5. The molecule has 4 nitrogen and oxygen atoms in total. The molecule has 0 spiro atoms. The molecule has 1 aromatic rings. The third kappa shape index (κ3) is 1.73. The second-order valence-corrected chi connectivity index (χ2v) is 2.46. The standard InChI is InChI=1S/C6H11N3O/c1-9(2)4-5-3-6(7)8-10-5/h3H,4H2,1-2H3,(H2,7,8). The fourth-order valence-corrected chi connectivity index (χ4v) is 0.715. The number of rotatable bonds is 2. The maximum atomic E-state index is 5.33. The van der Waals surface area contributed by atoms with Crippen molar-refractivity contribution in [1.29, 1.82) is 0 Å². The molecular formula is C6H11N3O. The van der Waals surface area contributed by atoms with Crippen molar-refractivity contribution < 1.29 is 4.52 Å². The Labute approximate surface area is 59.6 Å². The summed E-state index contributed by atoms with van der Waals surface area (Å²) in [4.78, 5) is 1.99. The molecule has 0 aliphatic carbocycles. The van der Waals surface area contributed by atoms with Crippen LogP contribution in [0.15, 0.2) is 10.6 Å². The lowest BCUT2D eigenvalue weighted by Crippen LogP contribution is -2.09. The van der Waals surface area contributed by atoms with Crippen LogP contribution in [0.2, 0.25) is 0 Å². The van der Waals surface area contributed by atoms with Crippen LogP contribution in [0.25, 0.3) is 0 Å². The van der Waals surface area contributed by atoms with Crippen molar-refractivity contribution in [2.75, 3.05) is 19.8 Å². The molecule has 0 bridgehead atoms. The van der Waals surface area contributed by atoms with Gasteiger partial charge in [0.05, 0.1) is 6.54 Å². The van der Waals surface area contributed by atoms with E-state index in [1.165, 1.54) is 0 Å². The van der Waals surface area contributed by atoms with Crippen molar-refractivity contribution in [2.24, 2.45) is 0 Å². The predicted molar refractivity (Wildman–Crippen MR) is 38.3 cm³/mol. The second kappa shape index (κ2) is 2.70. The van der Waals surface area contributed by atoms with Crippen molar-refractivity contribution in [2.45, 2.75) is 6.54 Å². The maximum Gasteiger partial charge on any atom is 0.167 e. The van der Waals surface area contributed by atoms with E-state index < -0.39 is 0 Å². The Hall–Kier alpha value is -1.03. The first kappa shape index (κ1) is 7.08. The van der Waals surface area contributed by atoms with Gasteiger partial charge in [0.25, 0.3) is 0 Å². The molecule has 0 saturated carbocycles. The lowest BCUT2D eigenvalue weighted by molar-refractivity contribution is 0.311. The summed E-state index contributed by atoms with van der Waals surface area (Å²) < 4.78 is 4.86. The van der Waals surface area contributed by atoms with E-state index in [1.54, 1.807) is 6.07 Å². The van der Waals surface area contributed by atoms with Crippen LogP contribution in [0.4, 0.5) is 5.82 Å². The number of hydrogen-bond donors (Lipinski definition) is 1. The van der Waals surface area contributed by atoms with Crippen molar-refractivity contribution in [3.05, 3.63) is 11.8 Å². The highest BCUT2D eigenvalue weighted by molar-refractivity contribution is 5.26. The molecule has 0 saturated heterocycles. The fraction of sp³-hybridized carbons (Fsp3) is 0.500. The van der Waals surface area contributed by atoms with Gasteiger partial charge in [-0.2, -0.15) is 0 Å². The van der Waals surface area contributed by atoms with Gasteiger partial charge < -0.3 is 15.2 Å². The summed E-state index contributed by atoms with van der Waals surface area (Å²) in [6.07, 6.45) is 0. The Morgan fingerprint density at radius 1 is 1.70 bits per heavy atom. The molecule has 0 radical (unpaired) electrons. The smallest absolute Gasteiger partial charge is 0.167 e. The van der Waals surface area contributed by atoms with Crippen LogP contribution >= 0.6 is 0 Å². The number of anilines is 1. The van der Waals surface area contributed by atoms with Crippen LogP contribution in [-0.4, -0.2) is 24.2 Å². The molecule has 1 heterocycles. The van der Waals surface area contributed by atoms with Gasteiger partial charge in [-0.1, -0.05) is 5.16 Å². The molecule has 1 aromatic heterocycles. The maximum absolute atomic E-state index is 5.33. The summed E-state index contributed by atoms with van der Waals surface area (Å²) >= 11 is 0. The molecule has 0 unspecified atom stereocenters. The Bertz CT molecular complexity index is 207. The van der Waals surface area contributed by atoms with Crippen LogP contribution < -0.4 is 5.73 Å². The lowest BCUT2D eigenvalue weighted by atomic mass is 10.4. The summed E-state index contributed by atoms with van der Waals surface area (Å²) in [6, 6.07) is 1.72. The number of nitrogen functional groups attached to an aromatic ring is 1. The van der Waals surface area contributed by atoms with E-state index in [2.05, 4.69) is 5.16 Å². The summed E-state index contributed by atoms with van der Waals surface area (Å²) in [5.41, 5.74) is 5.33. The molecule has 0 fully saturated rings. The molecule has 2 N–H and O–H groups in total. The van der Waals surface area contributed by atoms with E-state index >= 15 is 0 Å². The number of aromatic nitrogens is 1. The van der Waals surface area contributed by atoms with Crippen molar-refractivity contribution in [1.82, 2.24) is 10.1 Å². The van der Waals surface area contributed by atoms with E-state index in [4.69, 9.17) is 10.3 Å². The van der Waals surface area contributed by atoms with Crippen molar-refractivity contribution >= 4 is 5.82 Å². The minimum atomic E-state index is 0.442. The van der Waals surface area contributed by atoms with Gasteiger partial charge >= 0.3 is 0 Å². The summed E-state index contributed by atoms with van der Waals surface area (Å²) in [7, 11) is 3.91. The monoisotopic (exact) mass is 141 g/mol. The van der Waals surface area contributed by atoms with E-state index in [0.717, 1.165) is 12.3 Å². The molecule has 0 amide bonds. The molecule has 0 aliphatic rings. The average Bonchev–Trinajstić information content (AvgIpc) is 2.13. The number of nitrogens with two attached hydrogens (primary N) is 1. The molecule has 1 rings (SSSR count). The molecular weight excluding hydrogens is 130 g/mol. The van der Waals surface area contributed by atoms with Gasteiger partial charge in [0.1, 0.15) is 0 Å². The Kier molecular flexibility index (Phi) is 1.91. The van der Waals surface area contributed by atoms with Gasteiger partial charge in [0.15, 0.2) is 11.6 Å². The van der Waals surface area contributed by atoms with Gasteiger partial charge in [-0.25, -0.2) is 0 Å². The molecule has 10 heavy (non-hydrogen) atoms. The van der Waals surface area contributed by atoms with Crippen LogP contribution in [0.1, 0.15) is 5.76 Å². The quantitative estimate of drug-likeness (QED) is 0.644. The van der Waals surface area contributed by atoms with Gasteiger partial charge in [0, 0.05) is 6.07 Å². The van der Waals surface area contributed by atoms with Gasteiger partial charge in [-0.05, 0) is 14.1 Å². The van der Waals surface area contributed by atoms with Gasteiger partial charge in [-0.15, -0.1) is 0 Å². The normalized spacial score (nSPS) is 10.7. The minimum Gasteiger partial charge on any atom is -0.381 e. The lowest BCUT2D eigenvalue weighted by Gasteiger charge is -2.03. The average molecular weight is 141 g/mol. The van der Waals surface area contributed by atoms with Crippen LogP contribution in [0.3, 0.4) is 0 Å². The zero-order valence-electron chi connectivity index (χ0n) is 6.16. The summed E-state index contributed by atoms with van der Waals surface area (Å²) in [5, 5.41) is 3.55. The fourth-order valence-electron chi connectivity index (χ4n) is 0.715. The van der Waals surface area contributed by atoms with E-state index in [-0.39, 0.29) is 0 Å². The van der Waals surface area contributed by atoms with Gasteiger partial charge in [0.2, 0.25) is 0 Å². The molecule has 4 heteroatoms. The number of hydrogen-bond acceptors (Lipinski definition) is 4. The Morgan fingerprint density at radius 2 is 2.40 bits per heavy atom. The highest BCUT2D eigenvalue weighted by Gasteiger charge is 2.00. The van der Waals surface area contributed by atoms with Crippen LogP contribution in [0, 0.1) is 0 Å². The third-order valence-corrected chi connectivity index (χ3v) is 1.05. The first-order chi connectivity index (χ1) is 4.68. The van der Waals surface area contributed by atoms with Gasteiger partial charge in [-0.3, -0.25) is 0 Å².